The highest BCUT2D eigenvalue weighted by Gasteiger charge is 2.09. The Morgan fingerprint density at radius 3 is 2.89 bits per heavy atom. The molecule has 4 heteroatoms. The van der Waals surface area contributed by atoms with Gasteiger partial charge in [0.05, 0.1) is 11.3 Å². The van der Waals surface area contributed by atoms with Gasteiger partial charge >= 0.3 is 0 Å². The van der Waals surface area contributed by atoms with Crippen molar-refractivity contribution < 1.29 is 0 Å². The Kier molecular flexibility index (Phi) is 4.91. The van der Waals surface area contributed by atoms with Crippen molar-refractivity contribution in [3.8, 4) is 6.07 Å². The largest absolute Gasteiger partial charge is 0.383 e. The van der Waals surface area contributed by atoms with Crippen molar-refractivity contribution in [3.63, 3.8) is 0 Å². The van der Waals surface area contributed by atoms with E-state index in [4.69, 9.17) is 5.26 Å². The number of hydrogen-bond acceptors (Lipinski definition) is 4. The minimum Gasteiger partial charge on any atom is -0.383 e. The van der Waals surface area contributed by atoms with Gasteiger partial charge < -0.3 is 5.32 Å². The summed E-state index contributed by atoms with van der Waals surface area (Å²) in [7, 11) is 0. The summed E-state index contributed by atoms with van der Waals surface area (Å²) in [4.78, 5) is 2.48. The Morgan fingerprint density at radius 1 is 1.39 bits per heavy atom. The third-order valence-electron chi connectivity index (χ3n) is 3.14. The zero-order valence-corrected chi connectivity index (χ0v) is 11.6. The van der Waals surface area contributed by atoms with Crippen LogP contribution in [0.15, 0.2) is 18.2 Å². The number of nitriles is 1. The van der Waals surface area contributed by atoms with E-state index in [9.17, 15) is 0 Å². The Balaban J connectivity index is 1.86. The first-order valence-corrected chi connectivity index (χ1v) is 7.50. The van der Waals surface area contributed by atoms with E-state index >= 15 is 0 Å². The van der Waals surface area contributed by atoms with Crippen LogP contribution in [-0.4, -0.2) is 42.6 Å². The molecule has 1 saturated heterocycles. The molecular formula is C14H19N3S. The van der Waals surface area contributed by atoms with E-state index in [0.717, 1.165) is 24.3 Å². The lowest BCUT2D eigenvalue weighted by atomic mass is 10.1. The maximum absolute atomic E-state index is 9.05. The van der Waals surface area contributed by atoms with Crippen LogP contribution in [0.5, 0.6) is 0 Å². The molecule has 3 nitrogen and oxygen atoms in total. The standard InChI is InChI=1S/C14H19N3S/c1-12-2-3-13(11-15)14(10-12)16-4-5-17-6-8-18-9-7-17/h2-3,10,16H,4-9H2,1H3. The molecular weight excluding hydrogens is 242 g/mol. The first-order chi connectivity index (χ1) is 8.79. The molecule has 0 aliphatic carbocycles. The number of benzene rings is 1. The molecule has 1 aliphatic heterocycles. The molecule has 1 N–H and O–H groups in total. The van der Waals surface area contributed by atoms with E-state index in [2.05, 4.69) is 16.3 Å². The molecule has 0 spiro atoms. The topological polar surface area (TPSA) is 39.1 Å². The van der Waals surface area contributed by atoms with Crippen LogP contribution in [0.2, 0.25) is 0 Å². The minimum absolute atomic E-state index is 0.731. The third-order valence-corrected chi connectivity index (χ3v) is 4.09. The number of anilines is 1. The molecule has 1 aromatic rings. The van der Waals surface area contributed by atoms with Crippen LogP contribution in [-0.2, 0) is 0 Å². The van der Waals surface area contributed by atoms with Gasteiger partial charge in [-0.15, -0.1) is 0 Å². The molecule has 0 unspecified atom stereocenters. The summed E-state index contributed by atoms with van der Waals surface area (Å²) >= 11 is 2.03. The Morgan fingerprint density at radius 2 is 2.17 bits per heavy atom. The van der Waals surface area contributed by atoms with Gasteiger partial charge in [-0.25, -0.2) is 0 Å². The van der Waals surface area contributed by atoms with E-state index in [1.165, 1.54) is 30.2 Å². The van der Waals surface area contributed by atoms with Crippen LogP contribution in [0.4, 0.5) is 5.69 Å². The lowest BCUT2D eigenvalue weighted by Gasteiger charge is -2.26. The summed E-state index contributed by atoms with van der Waals surface area (Å²) in [6.45, 7) is 6.38. The maximum Gasteiger partial charge on any atom is 0.101 e. The summed E-state index contributed by atoms with van der Waals surface area (Å²) in [5, 5.41) is 12.4. The van der Waals surface area contributed by atoms with Crippen LogP contribution in [0, 0.1) is 18.3 Å². The smallest absolute Gasteiger partial charge is 0.101 e. The fraction of sp³-hybridized carbons (Fsp3) is 0.500. The summed E-state index contributed by atoms with van der Waals surface area (Å²) in [6, 6.07) is 8.14. The zero-order chi connectivity index (χ0) is 12.8. The molecule has 18 heavy (non-hydrogen) atoms. The van der Waals surface area contributed by atoms with Gasteiger partial charge in [-0.05, 0) is 24.6 Å². The second-order valence-electron chi connectivity index (χ2n) is 4.54. The quantitative estimate of drug-likeness (QED) is 0.903. The van der Waals surface area contributed by atoms with E-state index in [-0.39, 0.29) is 0 Å². The Bertz CT molecular complexity index is 433. The molecule has 0 aromatic heterocycles. The van der Waals surface area contributed by atoms with Gasteiger partial charge in [0.15, 0.2) is 0 Å². The molecule has 1 fully saturated rings. The molecule has 0 bridgehead atoms. The molecule has 2 rings (SSSR count). The zero-order valence-electron chi connectivity index (χ0n) is 10.8. The minimum atomic E-state index is 0.731. The van der Waals surface area contributed by atoms with Crippen LogP contribution in [0.25, 0.3) is 0 Å². The fourth-order valence-corrected chi connectivity index (χ4v) is 3.05. The summed E-state index contributed by atoms with van der Waals surface area (Å²) < 4.78 is 0. The normalized spacial score (nSPS) is 16.2. The van der Waals surface area contributed by atoms with Gasteiger partial charge in [0.25, 0.3) is 0 Å². The lowest BCUT2D eigenvalue weighted by Crippen LogP contribution is -2.36. The number of nitrogens with zero attached hydrogens (tertiary/aromatic N) is 2. The van der Waals surface area contributed by atoms with E-state index in [0.29, 0.717) is 0 Å². The summed E-state index contributed by atoms with van der Waals surface area (Å²) in [6.07, 6.45) is 0. The first kappa shape index (κ1) is 13.3. The maximum atomic E-state index is 9.05. The van der Waals surface area contributed by atoms with Crippen molar-refractivity contribution in [3.05, 3.63) is 29.3 Å². The second-order valence-corrected chi connectivity index (χ2v) is 5.77. The van der Waals surface area contributed by atoms with Crippen LogP contribution >= 0.6 is 11.8 Å². The van der Waals surface area contributed by atoms with Crippen molar-refractivity contribution in [1.29, 1.82) is 5.26 Å². The number of rotatable bonds is 4. The highest BCUT2D eigenvalue weighted by molar-refractivity contribution is 7.99. The Hall–Kier alpha value is -1.18. The van der Waals surface area contributed by atoms with Crippen molar-refractivity contribution in [2.75, 3.05) is 43.0 Å². The molecule has 96 valence electrons. The average molecular weight is 261 g/mol. The molecule has 0 saturated carbocycles. The predicted molar refractivity (Wildman–Crippen MR) is 78.1 cm³/mol. The van der Waals surface area contributed by atoms with Crippen molar-refractivity contribution in [2.45, 2.75) is 6.92 Å². The van der Waals surface area contributed by atoms with Gasteiger partial charge in [0.2, 0.25) is 0 Å². The molecule has 0 atom stereocenters. The molecule has 0 amide bonds. The average Bonchev–Trinajstić information content (AvgIpc) is 2.40. The Labute approximate surface area is 113 Å². The number of thioether (sulfide) groups is 1. The van der Waals surface area contributed by atoms with Crippen molar-refractivity contribution in [1.82, 2.24) is 4.90 Å². The highest BCUT2D eigenvalue weighted by Crippen LogP contribution is 2.16. The highest BCUT2D eigenvalue weighted by atomic mass is 32.2. The van der Waals surface area contributed by atoms with Gasteiger partial charge in [-0.1, -0.05) is 6.07 Å². The molecule has 0 radical (unpaired) electrons. The number of hydrogen-bond donors (Lipinski definition) is 1. The van der Waals surface area contributed by atoms with E-state index in [1.807, 2.05) is 36.9 Å². The van der Waals surface area contributed by atoms with E-state index in [1.54, 1.807) is 0 Å². The summed E-state index contributed by atoms with van der Waals surface area (Å²) in [5.74, 6) is 2.49. The molecule has 1 aromatic carbocycles. The van der Waals surface area contributed by atoms with Crippen LogP contribution < -0.4 is 5.32 Å². The third kappa shape index (κ3) is 3.66. The molecule has 1 heterocycles. The number of aryl methyl sites for hydroxylation is 1. The predicted octanol–water partition coefficient (Wildman–Crippen LogP) is 2.33. The lowest BCUT2D eigenvalue weighted by molar-refractivity contribution is 0.314. The second kappa shape index (κ2) is 6.67. The van der Waals surface area contributed by atoms with Gasteiger partial charge in [-0.3, -0.25) is 4.90 Å². The van der Waals surface area contributed by atoms with Crippen LogP contribution in [0.3, 0.4) is 0 Å². The van der Waals surface area contributed by atoms with Gasteiger partial charge in [0.1, 0.15) is 6.07 Å². The van der Waals surface area contributed by atoms with Crippen molar-refractivity contribution in [2.24, 2.45) is 0 Å². The number of nitrogens with one attached hydrogen (secondary N) is 1. The fourth-order valence-electron chi connectivity index (χ4n) is 2.08. The summed E-state index contributed by atoms with van der Waals surface area (Å²) in [5.41, 5.74) is 2.88. The molecule has 1 aliphatic rings. The van der Waals surface area contributed by atoms with Gasteiger partial charge in [-0.2, -0.15) is 17.0 Å². The van der Waals surface area contributed by atoms with Crippen LogP contribution in [0.1, 0.15) is 11.1 Å². The first-order valence-electron chi connectivity index (χ1n) is 6.34. The SMILES string of the molecule is Cc1ccc(C#N)c(NCCN2CCSCC2)c1. The van der Waals surface area contributed by atoms with Gasteiger partial charge in [0, 0.05) is 37.7 Å². The van der Waals surface area contributed by atoms with Crippen molar-refractivity contribution >= 4 is 17.4 Å². The monoisotopic (exact) mass is 261 g/mol. The van der Waals surface area contributed by atoms with E-state index < -0.39 is 0 Å².